The Morgan fingerprint density at radius 2 is 2.18 bits per heavy atom. The number of aromatic amines is 1. The Bertz CT molecular complexity index is 628. The first-order valence-electron chi connectivity index (χ1n) is 4.46. The summed E-state index contributed by atoms with van der Waals surface area (Å²) in [7, 11) is -3.82. The van der Waals surface area contributed by atoms with E-state index in [1.54, 1.807) is 0 Å². The molecular weight excluding hydrogens is 269 g/mol. The molecule has 0 saturated heterocycles. The van der Waals surface area contributed by atoms with Crippen LogP contribution in [0.4, 0.5) is 10.3 Å². The predicted molar refractivity (Wildman–Crippen MR) is 60.8 cm³/mol. The third-order valence-electron chi connectivity index (χ3n) is 1.93. The van der Waals surface area contributed by atoms with Crippen molar-refractivity contribution in [1.82, 2.24) is 9.97 Å². The van der Waals surface area contributed by atoms with Crippen molar-refractivity contribution in [2.75, 3.05) is 4.72 Å². The maximum Gasteiger partial charge on any atom is 0.264 e. The largest absolute Gasteiger partial charge is 0.330 e. The summed E-state index contributed by atoms with van der Waals surface area (Å²) in [5, 5.41) is -0.257. The second kappa shape index (κ2) is 4.34. The molecule has 5 nitrogen and oxygen atoms in total. The first-order valence-corrected chi connectivity index (χ1v) is 6.32. The Labute approximate surface area is 102 Å². The molecule has 1 heterocycles. The Morgan fingerprint density at radius 3 is 2.76 bits per heavy atom. The Morgan fingerprint density at radius 1 is 1.41 bits per heavy atom. The molecule has 0 amide bonds. The average Bonchev–Trinajstić information content (AvgIpc) is 2.73. The van der Waals surface area contributed by atoms with Crippen LogP contribution in [-0.4, -0.2) is 18.4 Å². The zero-order valence-corrected chi connectivity index (χ0v) is 9.89. The van der Waals surface area contributed by atoms with Crippen molar-refractivity contribution in [1.29, 1.82) is 0 Å². The van der Waals surface area contributed by atoms with Crippen LogP contribution >= 0.6 is 11.6 Å². The van der Waals surface area contributed by atoms with E-state index in [0.29, 0.717) is 0 Å². The predicted octanol–water partition coefficient (Wildman–Crippen LogP) is 2.00. The smallest absolute Gasteiger partial charge is 0.264 e. The minimum atomic E-state index is -3.82. The molecule has 0 atom stereocenters. The number of benzene rings is 1. The quantitative estimate of drug-likeness (QED) is 0.900. The fraction of sp³-hybridized carbons (Fsp3) is 0. The molecule has 0 radical (unpaired) electrons. The van der Waals surface area contributed by atoms with E-state index < -0.39 is 15.8 Å². The van der Waals surface area contributed by atoms with Crippen LogP contribution in [0, 0.1) is 5.82 Å². The van der Waals surface area contributed by atoms with Gasteiger partial charge in [-0.3, -0.25) is 0 Å². The molecule has 0 unspecified atom stereocenters. The highest BCUT2D eigenvalue weighted by atomic mass is 35.5. The number of H-pyrrole nitrogens is 1. The van der Waals surface area contributed by atoms with Crippen LogP contribution in [0.5, 0.6) is 0 Å². The van der Waals surface area contributed by atoms with Gasteiger partial charge < -0.3 is 4.98 Å². The molecule has 0 aliphatic heterocycles. The van der Waals surface area contributed by atoms with Crippen molar-refractivity contribution in [3.05, 3.63) is 41.4 Å². The van der Waals surface area contributed by atoms with Gasteiger partial charge in [-0.2, -0.15) is 0 Å². The van der Waals surface area contributed by atoms with Crippen molar-refractivity contribution >= 4 is 27.6 Å². The highest BCUT2D eigenvalue weighted by Crippen LogP contribution is 2.20. The lowest BCUT2D eigenvalue weighted by atomic mass is 10.3. The summed E-state index contributed by atoms with van der Waals surface area (Å²) in [5.74, 6) is -0.603. The van der Waals surface area contributed by atoms with Gasteiger partial charge >= 0.3 is 0 Å². The van der Waals surface area contributed by atoms with Crippen molar-refractivity contribution in [2.24, 2.45) is 0 Å². The normalized spacial score (nSPS) is 11.4. The number of nitrogens with one attached hydrogen (secondary N) is 2. The average molecular weight is 276 g/mol. The van der Waals surface area contributed by atoms with Crippen LogP contribution in [0.15, 0.2) is 35.5 Å². The summed E-state index contributed by atoms with van der Waals surface area (Å²) in [4.78, 5) is 6.16. The minimum absolute atomic E-state index is 0.0745. The van der Waals surface area contributed by atoms with Crippen molar-refractivity contribution < 1.29 is 12.8 Å². The highest BCUT2D eigenvalue weighted by Gasteiger charge is 2.16. The zero-order valence-electron chi connectivity index (χ0n) is 8.31. The second-order valence-corrected chi connectivity index (χ2v) is 5.21. The molecule has 0 aliphatic carbocycles. The number of aromatic nitrogens is 2. The van der Waals surface area contributed by atoms with E-state index in [9.17, 15) is 12.8 Å². The Balaban J connectivity index is 2.35. The molecule has 0 bridgehead atoms. The summed E-state index contributed by atoms with van der Waals surface area (Å²) >= 11 is 5.51. The molecule has 1 aromatic carbocycles. The zero-order chi connectivity index (χ0) is 12.5. The summed E-state index contributed by atoms with van der Waals surface area (Å²) < 4.78 is 38.7. The van der Waals surface area contributed by atoms with E-state index in [1.807, 2.05) is 0 Å². The molecule has 0 aliphatic rings. The summed E-state index contributed by atoms with van der Waals surface area (Å²) in [6.07, 6.45) is 2.87. The summed E-state index contributed by atoms with van der Waals surface area (Å²) in [6.45, 7) is 0. The van der Waals surface area contributed by atoms with Gasteiger partial charge in [-0.25, -0.2) is 22.5 Å². The van der Waals surface area contributed by atoms with Crippen molar-refractivity contribution in [3.8, 4) is 0 Å². The lowest BCUT2D eigenvalue weighted by Crippen LogP contribution is -2.14. The second-order valence-electron chi connectivity index (χ2n) is 3.12. The van der Waals surface area contributed by atoms with Crippen LogP contribution in [0.25, 0.3) is 0 Å². The summed E-state index contributed by atoms with van der Waals surface area (Å²) in [5.41, 5.74) is 0. The third kappa shape index (κ3) is 2.56. The topological polar surface area (TPSA) is 74.8 Å². The fourth-order valence-corrected chi connectivity index (χ4v) is 2.40. The maximum absolute atomic E-state index is 12.9. The number of imidazole rings is 1. The lowest BCUT2D eigenvalue weighted by molar-refractivity contribution is 0.599. The van der Waals surface area contributed by atoms with E-state index in [1.165, 1.54) is 12.4 Å². The van der Waals surface area contributed by atoms with Gasteiger partial charge in [-0.05, 0) is 18.2 Å². The van der Waals surface area contributed by atoms with E-state index in [4.69, 9.17) is 11.6 Å². The summed E-state index contributed by atoms with van der Waals surface area (Å²) in [6, 6.07) is 3.13. The Kier molecular flexibility index (Phi) is 3.03. The van der Waals surface area contributed by atoms with E-state index >= 15 is 0 Å². The van der Waals surface area contributed by atoms with Gasteiger partial charge in [0, 0.05) is 12.4 Å². The van der Waals surface area contributed by atoms with Crippen LogP contribution in [-0.2, 0) is 10.0 Å². The monoisotopic (exact) mass is 275 g/mol. The first-order chi connectivity index (χ1) is 7.99. The first kappa shape index (κ1) is 11.9. The number of halogens is 2. The van der Waals surface area contributed by atoms with Crippen LogP contribution in [0.3, 0.4) is 0 Å². The molecule has 2 N–H and O–H groups in total. The maximum atomic E-state index is 12.9. The number of rotatable bonds is 3. The van der Waals surface area contributed by atoms with Gasteiger partial charge in [-0.1, -0.05) is 11.6 Å². The van der Waals surface area contributed by atoms with E-state index in [0.717, 1.165) is 18.2 Å². The lowest BCUT2D eigenvalue weighted by Gasteiger charge is -2.05. The molecule has 90 valence electrons. The highest BCUT2D eigenvalue weighted by molar-refractivity contribution is 7.92. The molecule has 0 saturated carbocycles. The SMILES string of the molecule is O=S(=O)(Nc1ncc[nH]1)c1ccc(F)c(Cl)c1. The molecular formula is C9H7ClFN3O2S. The third-order valence-corrected chi connectivity index (χ3v) is 3.56. The number of hydrogen-bond acceptors (Lipinski definition) is 3. The molecule has 1 aromatic heterocycles. The van der Waals surface area contributed by atoms with Gasteiger partial charge in [-0.15, -0.1) is 0 Å². The van der Waals surface area contributed by atoms with Gasteiger partial charge in [0.2, 0.25) is 5.95 Å². The van der Waals surface area contributed by atoms with Crippen LogP contribution in [0.2, 0.25) is 5.02 Å². The molecule has 2 aromatic rings. The number of hydrogen-bond donors (Lipinski definition) is 2. The van der Waals surface area contributed by atoms with Gasteiger partial charge in [0.15, 0.2) is 0 Å². The molecule has 17 heavy (non-hydrogen) atoms. The van der Waals surface area contributed by atoms with Gasteiger partial charge in [0.05, 0.1) is 9.92 Å². The van der Waals surface area contributed by atoms with Crippen molar-refractivity contribution in [3.63, 3.8) is 0 Å². The molecule has 0 fully saturated rings. The van der Waals surface area contributed by atoms with Gasteiger partial charge in [0.25, 0.3) is 10.0 Å². The fourth-order valence-electron chi connectivity index (χ4n) is 1.15. The van der Waals surface area contributed by atoms with Crippen molar-refractivity contribution in [2.45, 2.75) is 4.90 Å². The van der Waals surface area contributed by atoms with Crippen LogP contribution < -0.4 is 4.72 Å². The number of sulfonamides is 1. The van der Waals surface area contributed by atoms with Gasteiger partial charge in [0.1, 0.15) is 5.82 Å². The van der Waals surface area contributed by atoms with Crippen LogP contribution in [0.1, 0.15) is 0 Å². The molecule has 2 rings (SSSR count). The number of nitrogens with zero attached hydrogens (tertiary/aromatic N) is 1. The van der Waals surface area contributed by atoms with E-state index in [2.05, 4.69) is 14.7 Å². The molecule has 0 spiro atoms. The van der Waals surface area contributed by atoms with E-state index in [-0.39, 0.29) is 15.9 Å². The minimum Gasteiger partial charge on any atom is -0.330 e. The Hall–Kier alpha value is -1.60. The number of anilines is 1. The standard InChI is InChI=1S/C9H7ClFN3O2S/c10-7-5-6(1-2-8(7)11)17(15,16)14-9-12-3-4-13-9/h1-5H,(H2,12,13,14). The molecule has 8 heteroatoms.